The normalized spacial score (nSPS) is 11.4. The van der Waals surface area contributed by atoms with Gasteiger partial charge in [0.15, 0.2) is 0 Å². The van der Waals surface area contributed by atoms with E-state index >= 15 is 0 Å². The lowest BCUT2D eigenvalue weighted by Crippen LogP contribution is -2.38. The van der Waals surface area contributed by atoms with Crippen molar-refractivity contribution >= 4 is 27.5 Å². The molecule has 7 nitrogen and oxygen atoms in total. The lowest BCUT2D eigenvalue weighted by Gasteiger charge is -2.20. The van der Waals surface area contributed by atoms with Crippen molar-refractivity contribution < 1.29 is 18.0 Å². The third-order valence-corrected chi connectivity index (χ3v) is 7.23. The summed E-state index contributed by atoms with van der Waals surface area (Å²) in [6, 6.07) is 26.0. The van der Waals surface area contributed by atoms with Crippen molar-refractivity contribution in [3.05, 3.63) is 96.1 Å². The van der Waals surface area contributed by atoms with E-state index in [0.29, 0.717) is 18.7 Å². The summed E-state index contributed by atoms with van der Waals surface area (Å²) in [6.07, 6.45) is 0.681. The minimum absolute atomic E-state index is 0.0464. The molecule has 0 radical (unpaired) electrons. The Bertz CT molecular complexity index is 1160. The summed E-state index contributed by atoms with van der Waals surface area (Å²) in [4.78, 5) is 23.7. The molecule has 3 rings (SSSR count). The molecule has 0 aliphatic rings. The van der Waals surface area contributed by atoms with Crippen molar-refractivity contribution in [3.63, 3.8) is 0 Å². The zero-order chi connectivity index (χ0) is 24.6. The number of sulfonamides is 1. The number of nitrogens with one attached hydrogen (secondary N) is 2. The van der Waals surface area contributed by atoms with Gasteiger partial charge in [-0.15, -0.1) is 0 Å². The monoisotopic (exact) mass is 479 g/mol. The Morgan fingerprint density at radius 3 is 1.88 bits per heavy atom. The summed E-state index contributed by atoms with van der Waals surface area (Å²) >= 11 is 0. The van der Waals surface area contributed by atoms with Crippen LogP contribution in [0.3, 0.4) is 0 Å². The third-order valence-electron chi connectivity index (χ3n) is 5.41. The van der Waals surface area contributed by atoms with Crippen LogP contribution in [0.1, 0.15) is 30.4 Å². The molecule has 8 heteroatoms. The van der Waals surface area contributed by atoms with Crippen molar-refractivity contribution in [1.29, 1.82) is 0 Å². The Labute approximate surface area is 200 Å². The van der Waals surface area contributed by atoms with Crippen LogP contribution in [0.15, 0.2) is 89.8 Å². The fourth-order valence-corrected chi connectivity index (χ4v) is 4.82. The molecule has 0 spiro atoms. The highest BCUT2D eigenvalue weighted by Gasteiger charge is 2.23. The van der Waals surface area contributed by atoms with Gasteiger partial charge in [-0.25, -0.2) is 8.42 Å². The summed E-state index contributed by atoms with van der Waals surface area (Å²) in [5.41, 5.74) is 2.81. The lowest BCUT2D eigenvalue weighted by molar-refractivity contribution is -0.121. The molecule has 178 valence electrons. The van der Waals surface area contributed by atoms with E-state index in [1.54, 1.807) is 0 Å². The zero-order valence-corrected chi connectivity index (χ0v) is 20.1. The van der Waals surface area contributed by atoms with E-state index in [1.807, 2.05) is 36.4 Å². The first-order valence-corrected chi connectivity index (χ1v) is 12.4. The molecular formula is C26H29N3O4S. The van der Waals surface area contributed by atoms with E-state index in [1.165, 1.54) is 38.2 Å². The van der Waals surface area contributed by atoms with E-state index in [-0.39, 0.29) is 29.2 Å². The summed E-state index contributed by atoms with van der Waals surface area (Å²) in [6.45, 7) is 1.49. The predicted molar refractivity (Wildman–Crippen MR) is 133 cm³/mol. The van der Waals surface area contributed by atoms with E-state index in [9.17, 15) is 18.0 Å². The lowest BCUT2D eigenvalue weighted by atomic mass is 9.88. The molecule has 0 saturated heterocycles. The quantitative estimate of drug-likeness (QED) is 0.464. The predicted octanol–water partition coefficient (Wildman–Crippen LogP) is 3.60. The summed E-state index contributed by atoms with van der Waals surface area (Å²) < 4.78 is 26.6. The first kappa shape index (κ1) is 25.1. The van der Waals surface area contributed by atoms with Gasteiger partial charge in [0.2, 0.25) is 21.8 Å². The average Bonchev–Trinajstić information content (AvgIpc) is 2.83. The van der Waals surface area contributed by atoms with Crippen molar-refractivity contribution in [2.75, 3.05) is 25.5 Å². The van der Waals surface area contributed by atoms with Crippen LogP contribution in [0.25, 0.3) is 0 Å². The van der Waals surface area contributed by atoms with Crippen LogP contribution >= 0.6 is 0 Å². The van der Waals surface area contributed by atoms with Crippen molar-refractivity contribution in [2.45, 2.75) is 24.2 Å². The van der Waals surface area contributed by atoms with Gasteiger partial charge in [0, 0.05) is 32.1 Å². The number of benzene rings is 3. The maximum Gasteiger partial charge on any atom is 0.243 e. The van der Waals surface area contributed by atoms with Gasteiger partial charge in [-0.3, -0.25) is 9.59 Å². The van der Waals surface area contributed by atoms with Gasteiger partial charge in [-0.1, -0.05) is 60.7 Å². The van der Waals surface area contributed by atoms with E-state index in [0.717, 1.165) is 15.4 Å². The number of likely N-dealkylation sites (N-methyl/N-ethyl adjacent to an activating group) is 1. The number of nitrogens with zero attached hydrogens (tertiary/aromatic N) is 1. The molecule has 0 saturated carbocycles. The average molecular weight is 480 g/mol. The van der Waals surface area contributed by atoms with Crippen molar-refractivity contribution in [3.8, 4) is 0 Å². The van der Waals surface area contributed by atoms with E-state index in [2.05, 4.69) is 34.9 Å². The summed E-state index contributed by atoms with van der Waals surface area (Å²) in [5.74, 6) is -0.502. The zero-order valence-electron chi connectivity index (χ0n) is 19.3. The minimum Gasteiger partial charge on any atom is -0.355 e. The highest BCUT2D eigenvalue weighted by molar-refractivity contribution is 7.89. The van der Waals surface area contributed by atoms with Crippen LogP contribution in [0.4, 0.5) is 5.69 Å². The Hall–Kier alpha value is -3.49. The molecule has 34 heavy (non-hydrogen) atoms. The summed E-state index contributed by atoms with van der Waals surface area (Å²) in [5, 5.41) is 5.43. The molecular weight excluding hydrogens is 450 g/mol. The molecule has 0 bridgehead atoms. The number of anilines is 1. The molecule has 0 aromatic heterocycles. The standard InChI is InChI=1S/C26H29N3O4S/c1-20(30)28-23-13-15-24(16-14-23)34(32,33)29(2)19-26(31)27-18-17-25(21-9-5-3-6-10-21)22-11-7-4-8-12-22/h3-16,25H,17-19H2,1-2H3,(H,27,31)(H,28,30). The van der Waals surface area contributed by atoms with Gasteiger partial charge in [0.1, 0.15) is 0 Å². The molecule has 3 aromatic rings. The molecule has 3 aromatic carbocycles. The van der Waals surface area contributed by atoms with Gasteiger partial charge in [-0.2, -0.15) is 4.31 Å². The smallest absolute Gasteiger partial charge is 0.243 e. The number of hydrogen-bond donors (Lipinski definition) is 2. The van der Waals surface area contributed by atoms with E-state index < -0.39 is 10.0 Å². The fraction of sp³-hybridized carbons (Fsp3) is 0.231. The molecule has 0 fully saturated rings. The van der Waals surface area contributed by atoms with Gasteiger partial charge < -0.3 is 10.6 Å². The molecule has 0 atom stereocenters. The third kappa shape index (κ3) is 6.76. The highest BCUT2D eigenvalue weighted by atomic mass is 32.2. The van der Waals surface area contributed by atoms with Crippen LogP contribution in [-0.2, 0) is 19.6 Å². The van der Waals surface area contributed by atoms with Crippen LogP contribution in [0.5, 0.6) is 0 Å². The molecule has 0 unspecified atom stereocenters. The number of rotatable bonds is 10. The van der Waals surface area contributed by atoms with Crippen LogP contribution in [-0.4, -0.2) is 44.7 Å². The minimum atomic E-state index is -3.85. The number of amides is 2. The van der Waals surface area contributed by atoms with Gasteiger partial charge >= 0.3 is 0 Å². The van der Waals surface area contributed by atoms with Crippen LogP contribution < -0.4 is 10.6 Å². The second-order valence-electron chi connectivity index (χ2n) is 7.98. The maximum atomic E-state index is 12.8. The van der Waals surface area contributed by atoms with E-state index in [4.69, 9.17) is 0 Å². The molecule has 2 amide bonds. The molecule has 0 heterocycles. The fourth-order valence-electron chi connectivity index (χ4n) is 3.69. The largest absolute Gasteiger partial charge is 0.355 e. The Morgan fingerprint density at radius 1 is 0.853 bits per heavy atom. The second kappa shape index (κ2) is 11.6. The number of hydrogen-bond acceptors (Lipinski definition) is 4. The Kier molecular flexibility index (Phi) is 8.56. The van der Waals surface area contributed by atoms with Crippen molar-refractivity contribution in [1.82, 2.24) is 9.62 Å². The van der Waals surface area contributed by atoms with Crippen LogP contribution in [0, 0.1) is 0 Å². The highest BCUT2D eigenvalue weighted by Crippen LogP contribution is 2.27. The van der Waals surface area contributed by atoms with Gasteiger partial charge in [0.05, 0.1) is 11.4 Å². The second-order valence-corrected chi connectivity index (χ2v) is 10.0. The molecule has 0 aliphatic heterocycles. The Morgan fingerprint density at radius 2 is 1.38 bits per heavy atom. The number of carbonyl (C=O) groups excluding carboxylic acids is 2. The van der Waals surface area contributed by atoms with Crippen molar-refractivity contribution in [2.24, 2.45) is 0 Å². The van der Waals surface area contributed by atoms with Gasteiger partial charge in [-0.05, 0) is 41.8 Å². The molecule has 0 aliphatic carbocycles. The maximum absolute atomic E-state index is 12.8. The molecule has 2 N–H and O–H groups in total. The first-order chi connectivity index (χ1) is 16.3. The Balaban J connectivity index is 1.58. The first-order valence-electron chi connectivity index (χ1n) is 11.0. The van der Waals surface area contributed by atoms with Crippen LogP contribution in [0.2, 0.25) is 0 Å². The van der Waals surface area contributed by atoms with Gasteiger partial charge in [0.25, 0.3) is 0 Å². The SMILES string of the molecule is CC(=O)Nc1ccc(S(=O)(=O)N(C)CC(=O)NCCC(c2ccccc2)c2ccccc2)cc1. The summed E-state index contributed by atoms with van der Waals surface area (Å²) in [7, 11) is -2.48. The number of carbonyl (C=O) groups is 2. The topological polar surface area (TPSA) is 95.6 Å².